The molecule has 0 spiro atoms. The summed E-state index contributed by atoms with van der Waals surface area (Å²) in [7, 11) is 0. The number of halogens is 1. The maximum atomic E-state index is 9.21. The highest BCUT2D eigenvalue weighted by Crippen LogP contribution is 1.92. The molecule has 0 saturated heterocycles. The van der Waals surface area contributed by atoms with Gasteiger partial charge in [0.1, 0.15) is 0 Å². The molecule has 0 heterocycles. The molecule has 0 aromatic heterocycles. The zero-order chi connectivity index (χ0) is 8.15. The molecule has 2 unspecified atom stereocenters. The van der Waals surface area contributed by atoms with E-state index in [0.29, 0.717) is 6.42 Å². The molecule has 70 valence electrons. The number of rotatable bonds is 4. The van der Waals surface area contributed by atoms with Crippen molar-refractivity contribution in [3.8, 4) is 0 Å². The van der Waals surface area contributed by atoms with Gasteiger partial charge in [0.25, 0.3) is 0 Å². The predicted molar refractivity (Wildman–Crippen MR) is 39.1 cm³/mol. The molecule has 0 aliphatic carbocycles. The Morgan fingerprint density at radius 1 is 1.27 bits per heavy atom. The first kappa shape index (κ1) is 13.9. The standard InChI is InChI=1S/C7H17NO2.BrH/c1-4-6(9)8-7(10)5(2)3;/h5-10H,4H2,1-3H3;1H. The molecule has 0 bridgehead atoms. The van der Waals surface area contributed by atoms with E-state index < -0.39 is 12.5 Å². The summed E-state index contributed by atoms with van der Waals surface area (Å²) in [5, 5.41) is 19.8. The summed E-state index contributed by atoms with van der Waals surface area (Å²) in [6, 6.07) is 0. The summed E-state index contributed by atoms with van der Waals surface area (Å²) < 4.78 is 0. The molecule has 0 saturated carbocycles. The third-order valence-electron chi connectivity index (χ3n) is 1.52. The molecule has 3 nitrogen and oxygen atoms in total. The molecule has 11 heavy (non-hydrogen) atoms. The normalized spacial score (nSPS) is 15.8. The Bertz CT molecular complexity index is 90.5. The lowest BCUT2D eigenvalue weighted by molar-refractivity contribution is -0.787. The van der Waals surface area contributed by atoms with Gasteiger partial charge < -0.3 is 27.2 Å². The Kier molecular flexibility index (Phi) is 8.90. The Labute approximate surface area is 78.6 Å². The smallest absolute Gasteiger partial charge is 0.191 e. The van der Waals surface area contributed by atoms with Crippen molar-refractivity contribution < 1.29 is 32.5 Å². The zero-order valence-electron chi connectivity index (χ0n) is 7.29. The summed E-state index contributed by atoms with van der Waals surface area (Å²) in [4.78, 5) is 0. The van der Waals surface area contributed by atoms with Crippen LogP contribution in [0.25, 0.3) is 0 Å². The van der Waals surface area contributed by atoms with Crippen molar-refractivity contribution in [1.29, 1.82) is 0 Å². The molecule has 0 aromatic carbocycles. The van der Waals surface area contributed by atoms with Crippen molar-refractivity contribution in [2.24, 2.45) is 5.92 Å². The van der Waals surface area contributed by atoms with Crippen molar-refractivity contribution in [3.05, 3.63) is 0 Å². The fraction of sp³-hybridized carbons (Fsp3) is 1.00. The summed E-state index contributed by atoms with van der Waals surface area (Å²) in [5.41, 5.74) is 0. The molecule has 0 radical (unpaired) electrons. The Morgan fingerprint density at radius 3 is 2.00 bits per heavy atom. The van der Waals surface area contributed by atoms with Crippen molar-refractivity contribution in [3.63, 3.8) is 0 Å². The second-order valence-electron chi connectivity index (χ2n) is 2.90. The van der Waals surface area contributed by atoms with Gasteiger partial charge in [-0.15, -0.1) is 0 Å². The van der Waals surface area contributed by atoms with Gasteiger partial charge in [0.15, 0.2) is 12.5 Å². The first-order chi connectivity index (χ1) is 4.57. The lowest BCUT2D eigenvalue weighted by atomic mass is 10.2. The average molecular weight is 228 g/mol. The minimum Gasteiger partial charge on any atom is -1.00 e. The monoisotopic (exact) mass is 227 g/mol. The van der Waals surface area contributed by atoms with E-state index in [4.69, 9.17) is 5.11 Å². The molecular formula is C7H18BrNO2. The maximum Gasteiger partial charge on any atom is 0.191 e. The third-order valence-corrected chi connectivity index (χ3v) is 1.52. The van der Waals surface area contributed by atoms with E-state index in [1.807, 2.05) is 20.8 Å². The maximum absolute atomic E-state index is 9.21. The Hall–Kier alpha value is 0.360. The zero-order valence-corrected chi connectivity index (χ0v) is 8.87. The summed E-state index contributed by atoms with van der Waals surface area (Å²) in [6.45, 7) is 5.72. The lowest BCUT2D eigenvalue weighted by Gasteiger charge is -2.15. The van der Waals surface area contributed by atoms with Crippen LogP contribution in [0.2, 0.25) is 0 Å². The third kappa shape index (κ3) is 6.75. The highest BCUT2D eigenvalue weighted by Gasteiger charge is 2.15. The number of quaternary nitrogens is 1. The van der Waals surface area contributed by atoms with E-state index in [0.717, 1.165) is 0 Å². The lowest BCUT2D eigenvalue weighted by Crippen LogP contribution is -3.00. The van der Waals surface area contributed by atoms with Gasteiger partial charge in [0.05, 0.1) is 0 Å². The predicted octanol–water partition coefficient (Wildman–Crippen LogP) is -3.74. The second kappa shape index (κ2) is 7.03. The number of hydrogen-bond acceptors (Lipinski definition) is 2. The van der Waals surface area contributed by atoms with Crippen LogP contribution >= 0.6 is 0 Å². The molecule has 0 fully saturated rings. The number of aliphatic hydroxyl groups is 2. The van der Waals surface area contributed by atoms with Gasteiger partial charge in [-0.05, 0) is 0 Å². The van der Waals surface area contributed by atoms with Crippen LogP contribution < -0.4 is 22.3 Å². The fourth-order valence-electron chi connectivity index (χ4n) is 0.586. The van der Waals surface area contributed by atoms with Crippen molar-refractivity contribution in [2.75, 3.05) is 0 Å². The molecule has 0 rings (SSSR count). The van der Waals surface area contributed by atoms with E-state index in [-0.39, 0.29) is 22.9 Å². The number of aliphatic hydroxyl groups excluding tert-OH is 2. The van der Waals surface area contributed by atoms with Crippen molar-refractivity contribution >= 4 is 0 Å². The molecule has 2 atom stereocenters. The SMILES string of the molecule is CCC(O)[NH2+]C(O)C(C)C.[Br-]. The van der Waals surface area contributed by atoms with Gasteiger partial charge in [-0.2, -0.15) is 0 Å². The van der Waals surface area contributed by atoms with Crippen LogP contribution in [-0.4, -0.2) is 22.7 Å². The molecule has 4 N–H and O–H groups in total. The largest absolute Gasteiger partial charge is 1.00 e. The molecule has 0 aliphatic heterocycles. The fourth-order valence-corrected chi connectivity index (χ4v) is 0.586. The van der Waals surface area contributed by atoms with E-state index in [1.54, 1.807) is 5.32 Å². The molecule has 0 amide bonds. The van der Waals surface area contributed by atoms with Gasteiger partial charge in [-0.3, -0.25) is 5.32 Å². The first-order valence-corrected chi connectivity index (χ1v) is 3.79. The summed E-state index contributed by atoms with van der Waals surface area (Å²) in [6.07, 6.45) is -0.267. The topological polar surface area (TPSA) is 57.1 Å². The molecular weight excluding hydrogens is 210 g/mol. The van der Waals surface area contributed by atoms with Crippen molar-refractivity contribution in [1.82, 2.24) is 0 Å². The first-order valence-electron chi connectivity index (χ1n) is 3.79. The second-order valence-corrected chi connectivity index (χ2v) is 2.90. The van der Waals surface area contributed by atoms with Gasteiger partial charge in [-0.1, -0.05) is 20.8 Å². The molecule has 0 aliphatic rings. The van der Waals surface area contributed by atoms with Gasteiger partial charge in [-0.25, -0.2) is 0 Å². The minimum atomic E-state index is -0.477. The van der Waals surface area contributed by atoms with E-state index in [1.165, 1.54) is 0 Å². The Balaban J connectivity index is 0. The van der Waals surface area contributed by atoms with Gasteiger partial charge in [0.2, 0.25) is 0 Å². The van der Waals surface area contributed by atoms with E-state index in [9.17, 15) is 5.11 Å². The summed E-state index contributed by atoms with van der Waals surface area (Å²) >= 11 is 0. The number of nitrogens with two attached hydrogens (primary N) is 1. The van der Waals surface area contributed by atoms with Crippen molar-refractivity contribution in [2.45, 2.75) is 39.6 Å². The minimum absolute atomic E-state index is 0. The van der Waals surface area contributed by atoms with E-state index in [2.05, 4.69) is 0 Å². The molecule has 0 aromatic rings. The van der Waals surface area contributed by atoms with Crippen LogP contribution in [0.3, 0.4) is 0 Å². The Morgan fingerprint density at radius 2 is 1.73 bits per heavy atom. The highest BCUT2D eigenvalue weighted by molar-refractivity contribution is 4.42. The van der Waals surface area contributed by atoms with E-state index >= 15 is 0 Å². The molecule has 4 heteroatoms. The van der Waals surface area contributed by atoms with Crippen LogP contribution in [0.4, 0.5) is 0 Å². The van der Waals surface area contributed by atoms with Crippen LogP contribution in [0.5, 0.6) is 0 Å². The summed E-state index contributed by atoms with van der Waals surface area (Å²) in [5.74, 6) is 0.196. The van der Waals surface area contributed by atoms with Crippen LogP contribution in [-0.2, 0) is 0 Å². The number of hydrogen-bond donors (Lipinski definition) is 3. The highest BCUT2D eigenvalue weighted by atomic mass is 79.9. The van der Waals surface area contributed by atoms with Crippen LogP contribution in [0, 0.1) is 5.92 Å². The van der Waals surface area contributed by atoms with Gasteiger partial charge >= 0.3 is 0 Å². The average Bonchev–Trinajstić information content (AvgIpc) is 1.87. The van der Waals surface area contributed by atoms with Crippen LogP contribution in [0.1, 0.15) is 27.2 Å². The van der Waals surface area contributed by atoms with Gasteiger partial charge in [0, 0.05) is 12.3 Å². The quantitative estimate of drug-likeness (QED) is 0.433. The van der Waals surface area contributed by atoms with Crippen LogP contribution in [0.15, 0.2) is 0 Å².